The Bertz CT molecular complexity index is 767. The van der Waals surface area contributed by atoms with Crippen LogP contribution in [0.5, 0.6) is 0 Å². The SMILES string of the molecule is N#Cc1[c]c2ccc(CCC/C=C/C=C/C(=O)O)cc2cc1. The summed E-state index contributed by atoms with van der Waals surface area (Å²) in [6, 6.07) is 15.1. The Kier molecular flexibility index (Phi) is 5.50. The van der Waals surface area contributed by atoms with Crippen LogP contribution in [0.2, 0.25) is 0 Å². The molecule has 0 saturated heterocycles. The van der Waals surface area contributed by atoms with Crippen molar-refractivity contribution in [1.29, 1.82) is 5.26 Å². The van der Waals surface area contributed by atoms with Gasteiger partial charge in [-0.05, 0) is 41.7 Å². The molecule has 0 aliphatic carbocycles. The summed E-state index contributed by atoms with van der Waals surface area (Å²) in [5, 5.41) is 19.4. The summed E-state index contributed by atoms with van der Waals surface area (Å²) in [5.41, 5.74) is 1.81. The Balaban J connectivity index is 1.90. The second-order valence-electron chi connectivity index (χ2n) is 4.92. The number of carboxylic acids is 1. The minimum Gasteiger partial charge on any atom is -0.478 e. The number of fused-ring (bicyclic) bond motifs is 1. The number of hydrogen-bond acceptors (Lipinski definition) is 2. The van der Waals surface area contributed by atoms with Crippen molar-refractivity contribution in [3.05, 3.63) is 71.8 Å². The maximum atomic E-state index is 10.3. The largest absolute Gasteiger partial charge is 0.478 e. The lowest BCUT2D eigenvalue weighted by Gasteiger charge is -2.03. The molecule has 0 amide bonds. The highest BCUT2D eigenvalue weighted by molar-refractivity contribution is 5.83. The first-order chi connectivity index (χ1) is 10.7. The molecule has 3 nitrogen and oxygen atoms in total. The first-order valence-corrected chi connectivity index (χ1v) is 7.10. The average Bonchev–Trinajstić information content (AvgIpc) is 2.53. The molecule has 22 heavy (non-hydrogen) atoms. The van der Waals surface area contributed by atoms with Gasteiger partial charge in [-0.2, -0.15) is 5.26 Å². The quantitative estimate of drug-likeness (QED) is 0.496. The lowest BCUT2D eigenvalue weighted by molar-refractivity contribution is -0.131. The topological polar surface area (TPSA) is 61.1 Å². The Hall–Kier alpha value is -2.86. The molecule has 0 heterocycles. The summed E-state index contributed by atoms with van der Waals surface area (Å²) in [5.74, 6) is -0.933. The van der Waals surface area contributed by atoms with E-state index < -0.39 is 5.97 Å². The number of carbonyl (C=O) groups is 1. The molecule has 1 radical (unpaired) electrons. The van der Waals surface area contributed by atoms with Gasteiger partial charge in [0.1, 0.15) is 0 Å². The number of rotatable bonds is 6. The minimum atomic E-state index is -0.933. The Morgan fingerprint density at radius 3 is 2.91 bits per heavy atom. The highest BCUT2D eigenvalue weighted by Gasteiger charge is 1.99. The van der Waals surface area contributed by atoms with Gasteiger partial charge in [-0.25, -0.2) is 4.79 Å². The summed E-state index contributed by atoms with van der Waals surface area (Å²) < 4.78 is 0. The third kappa shape index (κ3) is 4.60. The van der Waals surface area contributed by atoms with Crippen molar-refractivity contribution in [1.82, 2.24) is 0 Å². The van der Waals surface area contributed by atoms with E-state index in [9.17, 15) is 4.79 Å². The molecule has 0 bridgehead atoms. The fourth-order valence-electron chi connectivity index (χ4n) is 2.18. The van der Waals surface area contributed by atoms with Gasteiger partial charge >= 0.3 is 5.97 Å². The van der Waals surface area contributed by atoms with E-state index in [-0.39, 0.29) is 0 Å². The molecule has 109 valence electrons. The molecule has 0 fully saturated rings. The van der Waals surface area contributed by atoms with E-state index >= 15 is 0 Å². The van der Waals surface area contributed by atoms with Crippen molar-refractivity contribution in [3.63, 3.8) is 0 Å². The van der Waals surface area contributed by atoms with Crippen LogP contribution < -0.4 is 0 Å². The lowest BCUT2D eigenvalue weighted by Crippen LogP contribution is -1.86. The van der Waals surface area contributed by atoms with Crippen molar-refractivity contribution >= 4 is 16.7 Å². The summed E-state index contributed by atoms with van der Waals surface area (Å²) in [6.45, 7) is 0. The van der Waals surface area contributed by atoms with Gasteiger partial charge in [0.25, 0.3) is 0 Å². The molecule has 0 unspecified atom stereocenters. The van der Waals surface area contributed by atoms with Crippen LogP contribution in [-0.4, -0.2) is 11.1 Å². The smallest absolute Gasteiger partial charge is 0.328 e. The fraction of sp³-hybridized carbons (Fsp3) is 0.158. The second-order valence-corrected chi connectivity index (χ2v) is 4.92. The van der Waals surface area contributed by atoms with Crippen LogP contribution in [0.3, 0.4) is 0 Å². The van der Waals surface area contributed by atoms with E-state index in [1.54, 1.807) is 12.1 Å². The van der Waals surface area contributed by atoms with Crippen molar-refractivity contribution in [3.8, 4) is 6.07 Å². The van der Waals surface area contributed by atoms with Gasteiger partial charge in [0.15, 0.2) is 0 Å². The number of hydrogen-bond donors (Lipinski definition) is 1. The van der Waals surface area contributed by atoms with Crippen LogP contribution in [0, 0.1) is 17.4 Å². The summed E-state index contributed by atoms with van der Waals surface area (Å²) >= 11 is 0. The summed E-state index contributed by atoms with van der Waals surface area (Å²) in [4.78, 5) is 10.3. The summed E-state index contributed by atoms with van der Waals surface area (Å²) in [7, 11) is 0. The molecule has 0 atom stereocenters. The van der Waals surface area contributed by atoms with Crippen molar-refractivity contribution in [2.75, 3.05) is 0 Å². The Morgan fingerprint density at radius 1 is 1.27 bits per heavy atom. The first kappa shape index (κ1) is 15.5. The average molecular weight is 290 g/mol. The molecule has 0 spiro atoms. The molecule has 2 aromatic carbocycles. The Labute approximate surface area is 129 Å². The fourth-order valence-corrected chi connectivity index (χ4v) is 2.18. The highest BCUT2D eigenvalue weighted by Crippen LogP contribution is 2.18. The molecule has 0 aromatic heterocycles. The van der Waals surface area contributed by atoms with Gasteiger partial charge in [-0.3, -0.25) is 0 Å². The van der Waals surface area contributed by atoms with Gasteiger partial charge in [0.05, 0.1) is 11.6 Å². The maximum absolute atomic E-state index is 10.3. The maximum Gasteiger partial charge on any atom is 0.328 e. The van der Waals surface area contributed by atoms with Gasteiger partial charge in [0, 0.05) is 12.1 Å². The third-order valence-electron chi connectivity index (χ3n) is 3.26. The van der Waals surface area contributed by atoms with Gasteiger partial charge in [-0.1, -0.05) is 42.5 Å². The zero-order valence-electron chi connectivity index (χ0n) is 12.1. The number of aryl methyl sites for hydroxylation is 1. The van der Waals surface area contributed by atoms with E-state index in [1.807, 2.05) is 18.2 Å². The molecule has 2 rings (SSSR count). The van der Waals surface area contributed by atoms with Crippen molar-refractivity contribution in [2.24, 2.45) is 0 Å². The highest BCUT2D eigenvalue weighted by atomic mass is 16.4. The van der Waals surface area contributed by atoms with Crippen LogP contribution >= 0.6 is 0 Å². The molecule has 0 aliphatic rings. The standard InChI is InChI=1S/C19H16NO2/c20-14-16-9-11-17-12-15(8-10-18(17)13-16)6-4-2-1-3-5-7-19(21)22/h1,3,5,7-12H,2,4,6H2,(H,21,22)/b3-1+,7-5+. The second kappa shape index (κ2) is 7.80. The predicted molar refractivity (Wildman–Crippen MR) is 86.4 cm³/mol. The predicted octanol–water partition coefficient (Wildman–Crippen LogP) is 4.03. The van der Waals surface area contributed by atoms with E-state index in [0.717, 1.165) is 36.1 Å². The van der Waals surface area contributed by atoms with Gasteiger partial charge < -0.3 is 5.11 Å². The molecule has 0 aliphatic heterocycles. The minimum absolute atomic E-state index is 0.555. The van der Waals surface area contributed by atoms with Crippen LogP contribution in [0.4, 0.5) is 0 Å². The van der Waals surface area contributed by atoms with Gasteiger partial charge in [-0.15, -0.1) is 0 Å². The van der Waals surface area contributed by atoms with E-state index in [4.69, 9.17) is 10.4 Å². The van der Waals surface area contributed by atoms with Crippen molar-refractivity contribution in [2.45, 2.75) is 19.3 Å². The Morgan fingerprint density at radius 2 is 2.14 bits per heavy atom. The number of carboxylic acid groups (broad SMARTS) is 1. The van der Waals surface area contributed by atoms with E-state index in [2.05, 4.69) is 24.3 Å². The van der Waals surface area contributed by atoms with Gasteiger partial charge in [0.2, 0.25) is 0 Å². The number of unbranched alkanes of at least 4 members (excludes halogenated alkanes) is 1. The number of aliphatic carboxylic acids is 1. The van der Waals surface area contributed by atoms with Crippen LogP contribution in [0.15, 0.2) is 54.6 Å². The number of nitrogens with zero attached hydrogens (tertiary/aromatic N) is 1. The zero-order chi connectivity index (χ0) is 15.8. The van der Waals surface area contributed by atoms with E-state index in [1.165, 1.54) is 11.6 Å². The molecule has 1 N–H and O–H groups in total. The molecule has 2 aromatic rings. The van der Waals surface area contributed by atoms with Crippen LogP contribution in [0.1, 0.15) is 24.0 Å². The molecule has 3 heteroatoms. The van der Waals surface area contributed by atoms with Crippen molar-refractivity contribution < 1.29 is 9.90 Å². The molecular weight excluding hydrogens is 274 g/mol. The molecule has 0 saturated carbocycles. The molecular formula is C19H16NO2. The lowest BCUT2D eigenvalue weighted by atomic mass is 10.0. The summed E-state index contributed by atoms with van der Waals surface area (Å²) in [6.07, 6.45) is 9.24. The zero-order valence-corrected chi connectivity index (χ0v) is 12.1. The monoisotopic (exact) mass is 290 g/mol. The number of allylic oxidation sites excluding steroid dienone is 3. The first-order valence-electron chi connectivity index (χ1n) is 7.10. The third-order valence-corrected chi connectivity index (χ3v) is 3.26. The normalized spacial score (nSPS) is 11.2. The van der Waals surface area contributed by atoms with Crippen LogP contribution in [0.25, 0.3) is 10.8 Å². The van der Waals surface area contributed by atoms with Crippen LogP contribution in [-0.2, 0) is 11.2 Å². The number of benzene rings is 2. The van der Waals surface area contributed by atoms with E-state index in [0.29, 0.717) is 5.56 Å². The number of nitriles is 1.